The second kappa shape index (κ2) is 5.73. The highest BCUT2D eigenvalue weighted by atomic mass is 16.5. The molecule has 0 saturated carbocycles. The fraction of sp³-hybridized carbons (Fsp3) is 0.462. The highest BCUT2D eigenvalue weighted by molar-refractivity contribution is 5.52. The van der Waals surface area contributed by atoms with Gasteiger partial charge in [-0.05, 0) is 24.5 Å². The van der Waals surface area contributed by atoms with Gasteiger partial charge in [0.15, 0.2) is 0 Å². The van der Waals surface area contributed by atoms with Crippen LogP contribution in [0.25, 0.3) is 11.4 Å². The first-order valence-electron chi connectivity index (χ1n) is 6.13. The van der Waals surface area contributed by atoms with Gasteiger partial charge in [-0.15, -0.1) is 0 Å². The third-order valence-electron chi connectivity index (χ3n) is 2.62. The van der Waals surface area contributed by atoms with Gasteiger partial charge >= 0.3 is 0 Å². The predicted octanol–water partition coefficient (Wildman–Crippen LogP) is 2.05. The fourth-order valence-electron chi connectivity index (χ4n) is 1.87. The molecule has 0 radical (unpaired) electrons. The summed E-state index contributed by atoms with van der Waals surface area (Å²) in [4.78, 5) is 8.29. The maximum absolute atomic E-state index is 6.02. The number of pyridine rings is 1. The molecule has 18 heavy (non-hydrogen) atoms. The summed E-state index contributed by atoms with van der Waals surface area (Å²) in [6.07, 6.45) is 4.98. The lowest BCUT2D eigenvalue weighted by molar-refractivity contribution is 0.359. The van der Waals surface area contributed by atoms with Gasteiger partial charge in [0.2, 0.25) is 11.7 Å². The Morgan fingerprint density at radius 1 is 1.28 bits per heavy atom. The third-order valence-corrected chi connectivity index (χ3v) is 2.62. The van der Waals surface area contributed by atoms with Crippen molar-refractivity contribution in [2.45, 2.75) is 32.7 Å². The van der Waals surface area contributed by atoms with Crippen LogP contribution in [0.5, 0.6) is 0 Å². The third kappa shape index (κ3) is 3.37. The molecule has 0 fully saturated rings. The van der Waals surface area contributed by atoms with Crippen molar-refractivity contribution in [3.63, 3.8) is 0 Å². The van der Waals surface area contributed by atoms with E-state index in [0.717, 1.165) is 12.0 Å². The molecule has 2 aromatic heterocycles. The van der Waals surface area contributed by atoms with E-state index in [1.807, 2.05) is 12.1 Å². The molecule has 1 unspecified atom stereocenters. The van der Waals surface area contributed by atoms with E-state index < -0.39 is 0 Å². The first-order chi connectivity index (χ1) is 8.65. The Balaban J connectivity index is 2.03. The second-order valence-electron chi connectivity index (χ2n) is 4.84. The van der Waals surface area contributed by atoms with Gasteiger partial charge in [-0.1, -0.05) is 19.0 Å². The number of aromatic nitrogens is 3. The van der Waals surface area contributed by atoms with Gasteiger partial charge in [-0.25, -0.2) is 0 Å². The van der Waals surface area contributed by atoms with Crippen molar-refractivity contribution in [3.8, 4) is 11.4 Å². The molecule has 0 amide bonds. The molecule has 5 nitrogen and oxygen atoms in total. The number of rotatable bonds is 5. The van der Waals surface area contributed by atoms with E-state index in [4.69, 9.17) is 10.3 Å². The molecule has 5 heteroatoms. The first-order valence-corrected chi connectivity index (χ1v) is 6.13. The average Bonchev–Trinajstić information content (AvgIpc) is 2.77. The molecule has 2 N–H and O–H groups in total. The van der Waals surface area contributed by atoms with Crippen LogP contribution in [0.4, 0.5) is 0 Å². The molecule has 0 spiro atoms. The minimum Gasteiger partial charge on any atom is -0.339 e. The Morgan fingerprint density at radius 2 is 2.00 bits per heavy atom. The molecule has 2 rings (SSSR count). The summed E-state index contributed by atoms with van der Waals surface area (Å²) in [5, 5.41) is 3.95. The first kappa shape index (κ1) is 12.7. The SMILES string of the molecule is CC(C)CC(N)Cc1nc(-c2ccncc2)no1. The maximum Gasteiger partial charge on any atom is 0.228 e. The van der Waals surface area contributed by atoms with Crippen molar-refractivity contribution in [3.05, 3.63) is 30.4 Å². The summed E-state index contributed by atoms with van der Waals surface area (Å²) in [5.74, 6) is 1.75. The van der Waals surface area contributed by atoms with Gasteiger partial charge in [0, 0.05) is 30.4 Å². The topological polar surface area (TPSA) is 77.8 Å². The highest BCUT2D eigenvalue weighted by Gasteiger charge is 2.13. The minimum atomic E-state index is 0.0655. The molecule has 2 aromatic rings. The van der Waals surface area contributed by atoms with E-state index in [9.17, 15) is 0 Å². The van der Waals surface area contributed by atoms with E-state index in [1.165, 1.54) is 0 Å². The zero-order chi connectivity index (χ0) is 13.0. The predicted molar refractivity (Wildman–Crippen MR) is 68.7 cm³/mol. The standard InChI is InChI=1S/C13H18N4O/c1-9(2)7-11(14)8-12-16-13(17-18-12)10-3-5-15-6-4-10/h3-6,9,11H,7-8,14H2,1-2H3. The van der Waals surface area contributed by atoms with Gasteiger partial charge < -0.3 is 10.3 Å². The van der Waals surface area contributed by atoms with Crippen LogP contribution in [0.1, 0.15) is 26.2 Å². The molecule has 96 valence electrons. The van der Waals surface area contributed by atoms with Crippen LogP contribution in [-0.2, 0) is 6.42 Å². The van der Waals surface area contributed by atoms with Crippen LogP contribution in [0, 0.1) is 5.92 Å². The number of nitrogens with two attached hydrogens (primary N) is 1. The summed E-state index contributed by atoms with van der Waals surface area (Å²) in [6, 6.07) is 3.77. The van der Waals surface area contributed by atoms with Gasteiger partial charge in [0.25, 0.3) is 0 Å². The van der Waals surface area contributed by atoms with Crippen molar-refractivity contribution >= 4 is 0 Å². The fourth-order valence-corrected chi connectivity index (χ4v) is 1.87. The molecular weight excluding hydrogens is 228 g/mol. The number of hydrogen-bond donors (Lipinski definition) is 1. The molecule has 0 aliphatic rings. The molecule has 0 aromatic carbocycles. The molecular formula is C13H18N4O. The minimum absolute atomic E-state index is 0.0655. The lowest BCUT2D eigenvalue weighted by Gasteiger charge is -2.10. The largest absolute Gasteiger partial charge is 0.339 e. The van der Waals surface area contributed by atoms with Crippen LogP contribution in [0.3, 0.4) is 0 Å². The summed E-state index contributed by atoms with van der Waals surface area (Å²) in [5.41, 5.74) is 6.92. The normalized spacial score (nSPS) is 12.9. The van der Waals surface area contributed by atoms with E-state index in [1.54, 1.807) is 12.4 Å². The van der Waals surface area contributed by atoms with E-state index in [2.05, 4.69) is 29.0 Å². The van der Waals surface area contributed by atoms with E-state index in [0.29, 0.717) is 24.1 Å². The molecule has 2 heterocycles. The molecule has 1 atom stereocenters. The van der Waals surface area contributed by atoms with Crippen molar-refractivity contribution in [1.29, 1.82) is 0 Å². The van der Waals surface area contributed by atoms with Crippen molar-refractivity contribution in [1.82, 2.24) is 15.1 Å². The van der Waals surface area contributed by atoms with Gasteiger partial charge in [0.1, 0.15) is 0 Å². The average molecular weight is 246 g/mol. The lowest BCUT2D eigenvalue weighted by Crippen LogP contribution is -2.24. The molecule has 0 saturated heterocycles. The zero-order valence-corrected chi connectivity index (χ0v) is 10.7. The Kier molecular flexibility index (Phi) is 4.04. The smallest absolute Gasteiger partial charge is 0.228 e. The lowest BCUT2D eigenvalue weighted by atomic mass is 10.0. The van der Waals surface area contributed by atoms with Gasteiger partial charge in [-0.2, -0.15) is 4.98 Å². The monoisotopic (exact) mass is 246 g/mol. The van der Waals surface area contributed by atoms with E-state index >= 15 is 0 Å². The summed E-state index contributed by atoms with van der Waals surface area (Å²) in [6.45, 7) is 4.30. The van der Waals surface area contributed by atoms with E-state index in [-0.39, 0.29) is 6.04 Å². The summed E-state index contributed by atoms with van der Waals surface area (Å²) >= 11 is 0. The Bertz CT molecular complexity index is 481. The molecule has 0 bridgehead atoms. The van der Waals surface area contributed by atoms with Crippen LogP contribution in [0.2, 0.25) is 0 Å². The van der Waals surface area contributed by atoms with Crippen molar-refractivity contribution < 1.29 is 4.52 Å². The number of nitrogens with zero attached hydrogens (tertiary/aromatic N) is 3. The zero-order valence-electron chi connectivity index (χ0n) is 10.7. The second-order valence-corrected chi connectivity index (χ2v) is 4.84. The van der Waals surface area contributed by atoms with Crippen LogP contribution in [-0.4, -0.2) is 21.2 Å². The van der Waals surface area contributed by atoms with Crippen molar-refractivity contribution in [2.75, 3.05) is 0 Å². The van der Waals surface area contributed by atoms with Crippen LogP contribution < -0.4 is 5.73 Å². The summed E-state index contributed by atoms with van der Waals surface area (Å²) < 4.78 is 5.21. The quantitative estimate of drug-likeness (QED) is 0.873. The van der Waals surface area contributed by atoms with Crippen LogP contribution in [0.15, 0.2) is 29.0 Å². The van der Waals surface area contributed by atoms with Crippen LogP contribution >= 0.6 is 0 Å². The summed E-state index contributed by atoms with van der Waals surface area (Å²) in [7, 11) is 0. The molecule has 0 aliphatic carbocycles. The Morgan fingerprint density at radius 3 is 2.67 bits per heavy atom. The highest BCUT2D eigenvalue weighted by Crippen LogP contribution is 2.15. The van der Waals surface area contributed by atoms with Gasteiger partial charge in [0.05, 0.1) is 0 Å². The molecule has 0 aliphatic heterocycles. The van der Waals surface area contributed by atoms with Gasteiger partial charge in [-0.3, -0.25) is 4.98 Å². The Labute approximate surface area is 106 Å². The van der Waals surface area contributed by atoms with Crippen molar-refractivity contribution in [2.24, 2.45) is 11.7 Å². The number of hydrogen-bond acceptors (Lipinski definition) is 5. The Hall–Kier alpha value is -1.75. The maximum atomic E-state index is 6.02.